The van der Waals surface area contributed by atoms with Gasteiger partial charge in [0.05, 0.1) is 26.7 Å². The fraction of sp³-hybridized carbons (Fsp3) is 0.263. The van der Waals surface area contributed by atoms with Crippen LogP contribution < -0.4 is 14.8 Å². The Morgan fingerprint density at radius 3 is 2.45 bits per heavy atom. The number of esters is 1. The Bertz CT molecular complexity index is 1010. The summed E-state index contributed by atoms with van der Waals surface area (Å²) in [7, 11) is 0.0247. The summed E-state index contributed by atoms with van der Waals surface area (Å²) in [6.45, 7) is 0. The summed E-state index contributed by atoms with van der Waals surface area (Å²) in [5.41, 5.74) is 0.791. The molecule has 1 amide bonds. The lowest BCUT2D eigenvalue weighted by Crippen LogP contribution is -2.31. The first-order valence-electron chi connectivity index (χ1n) is 8.46. The van der Waals surface area contributed by atoms with Gasteiger partial charge >= 0.3 is 5.97 Å². The highest BCUT2D eigenvalue weighted by Crippen LogP contribution is 2.26. The Hall–Kier alpha value is -2.43. The van der Waals surface area contributed by atoms with Crippen LogP contribution >= 0.6 is 15.9 Å². The Morgan fingerprint density at radius 1 is 1.14 bits per heavy atom. The van der Waals surface area contributed by atoms with Gasteiger partial charge in [-0.1, -0.05) is 28.1 Å². The van der Waals surface area contributed by atoms with E-state index in [4.69, 9.17) is 9.47 Å². The maximum atomic E-state index is 12.8. The quantitative estimate of drug-likeness (QED) is 0.556. The van der Waals surface area contributed by atoms with E-state index >= 15 is 0 Å². The van der Waals surface area contributed by atoms with E-state index in [-0.39, 0.29) is 22.6 Å². The molecule has 2 rings (SSSR count). The second-order valence-corrected chi connectivity index (χ2v) is 8.71. The molecule has 0 aromatic heterocycles. The van der Waals surface area contributed by atoms with Crippen molar-refractivity contribution in [1.82, 2.24) is 10.0 Å². The third-order valence-electron chi connectivity index (χ3n) is 4.14. The first-order chi connectivity index (χ1) is 13.7. The number of rotatable bonds is 8. The number of hydrogen-bond donors (Lipinski definition) is 2. The molecule has 2 aromatic carbocycles. The lowest BCUT2D eigenvalue weighted by atomic mass is 10.0. The highest BCUT2D eigenvalue weighted by atomic mass is 79.9. The molecule has 0 spiro atoms. The number of nitrogens with one attached hydrogen (secondary N) is 2. The van der Waals surface area contributed by atoms with Crippen molar-refractivity contribution in [3.05, 3.63) is 58.1 Å². The summed E-state index contributed by atoms with van der Waals surface area (Å²) in [4.78, 5) is 24.5. The zero-order chi connectivity index (χ0) is 21.6. The highest BCUT2D eigenvalue weighted by molar-refractivity contribution is 9.10. The standard InChI is InChI=1S/C19H21BrN2O6S/c1-21-29(25,26)17-10-13(7-8-16(17)27-2)19(24)22-15(11-18(23)28-3)12-5-4-6-14(20)9-12/h4-10,15,21H,11H2,1-3H3,(H,22,24). The molecule has 0 saturated heterocycles. The number of halogens is 1. The molecule has 2 N–H and O–H groups in total. The van der Waals surface area contributed by atoms with E-state index in [2.05, 4.69) is 26.0 Å². The van der Waals surface area contributed by atoms with Crippen LogP contribution in [0.15, 0.2) is 51.8 Å². The number of carbonyl (C=O) groups is 2. The van der Waals surface area contributed by atoms with Crippen LogP contribution in [-0.2, 0) is 19.6 Å². The summed E-state index contributed by atoms with van der Waals surface area (Å²) in [6.07, 6.45) is -0.0868. The fourth-order valence-electron chi connectivity index (χ4n) is 2.61. The van der Waals surface area contributed by atoms with Crippen molar-refractivity contribution < 1.29 is 27.5 Å². The van der Waals surface area contributed by atoms with Crippen LogP contribution in [0.4, 0.5) is 0 Å². The molecule has 1 atom stereocenters. The van der Waals surface area contributed by atoms with E-state index in [1.54, 1.807) is 18.2 Å². The maximum Gasteiger partial charge on any atom is 0.307 e. The number of sulfonamides is 1. The van der Waals surface area contributed by atoms with Crippen LogP contribution in [-0.4, -0.2) is 41.6 Å². The van der Waals surface area contributed by atoms with Gasteiger partial charge in [-0.2, -0.15) is 0 Å². The van der Waals surface area contributed by atoms with E-state index in [0.717, 1.165) is 4.47 Å². The molecule has 2 aromatic rings. The minimum Gasteiger partial charge on any atom is -0.495 e. The Morgan fingerprint density at radius 2 is 1.86 bits per heavy atom. The van der Waals surface area contributed by atoms with Crippen molar-refractivity contribution in [2.24, 2.45) is 0 Å². The van der Waals surface area contributed by atoms with Crippen molar-refractivity contribution >= 4 is 37.8 Å². The molecule has 0 aliphatic carbocycles. The minimum atomic E-state index is -3.84. The predicted octanol–water partition coefficient (Wildman–Crippen LogP) is 2.40. The Balaban J connectivity index is 2.38. The SMILES string of the molecule is CNS(=O)(=O)c1cc(C(=O)NC(CC(=O)OC)c2cccc(Br)c2)ccc1OC. The van der Waals surface area contributed by atoms with Crippen molar-refractivity contribution in [2.75, 3.05) is 21.3 Å². The molecule has 8 nitrogen and oxygen atoms in total. The highest BCUT2D eigenvalue weighted by Gasteiger charge is 2.23. The number of hydrogen-bond acceptors (Lipinski definition) is 6. The van der Waals surface area contributed by atoms with Gasteiger partial charge in [0.2, 0.25) is 10.0 Å². The van der Waals surface area contributed by atoms with Gasteiger partial charge in [0, 0.05) is 10.0 Å². The van der Waals surface area contributed by atoms with Crippen LogP contribution in [0.3, 0.4) is 0 Å². The maximum absolute atomic E-state index is 12.8. The summed E-state index contributed by atoms with van der Waals surface area (Å²) >= 11 is 3.36. The van der Waals surface area contributed by atoms with Gasteiger partial charge < -0.3 is 14.8 Å². The normalized spacial score (nSPS) is 12.1. The van der Waals surface area contributed by atoms with Crippen LogP contribution in [0, 0.1) is 0 Å². The van der Waals surface area contributed by atoms with E-state index in [1.165, 1.54) is 39.5 Å². The molecule has 29 heavy (non-hydrogen) atoms. The Labute approximate surface area is 177 Å². The van der Waals surface area contributed by atoms with Crippen LogP contribution in [0.5, 0.6) is 5.75 Å². The largest absolute Gasteiger partial charge is 0.495 e. The summed E-state index contributed by atoms with van der Waals surface area (Å²) < 4.78 is 37.2. The molecule has 0 saturated carbocycles. The summed E-state index contributed by atoms with van der Waals surface area (Å²) in [5, 5.41) is 2.76. The molecule has 0 radical (unpaired) electrons. The zero-order valence-corrected chi connectivity index (χ0v) is 18.5. The lowest BCUT2D eigenvalue weighted by Gasteiger charge is -2.19. The van der Waals surface area contributed by atoms with E-state index in [0.29, 0.717) is 5.56 Å². The number of methoxy groups -OCH3 is 2. The van der Waals surface area contributed by atoms with Gasteiger partial charge in [0.1, 0.15) is 10.6 Å². The summed E-state index contributed by atoms with van der Waals surface area (Å²) in [6, 6.07) is 10.5. The van der Waals surface area contributed by atoms with Crippen molar-refractivity contribution in [1.29, 1.82) is 0 Å². The number of benzene rings is 2. The predicted molar refractivity (Wildman–Crippen MR) is 110 cm³/mol. The minimum absolute atomic E-state index is 0.0868. The fourth-order valence-corrected chi connectivity index (χ4v) is 3.94. The Kier molecular flexibility index (Phi) is 7.77. The van der Waals surface area contributed by atoms with Crippen LogP contribution in [0.2, 0.25) is 0 Å². The van der Waals surface area contributed by atoms with E-state index in [1.807, 2.05) is 6.07 Å². The zero-order valence-electron chi connectivity index (χ0n) is 16.1. The second kappa shape index (κ2) is 9.86. The van der Waals surface area contributed by atoms with Crippen molar-refractivity contribution in [3.63, 3.8) is 0 Å². The molecule has 0 fully saturated rings. The van der Waals surface area contributed by atoms with Crippen LogP contribution in [0.1, 0.15) is 28.4 Å². The molecule has 0 aliphatic heterocycles. The van der Waals surface area contributed by atoms with Crippen LogP contribution in [0.25, 0.3) is 0 Å². The molecular formula is C19H21BrN2O6S. The number of ether oxygens (including phenoxy) is 2. The molecular weight excluding hydrogens is 464 g/mol. The third kappa shape index (κ3) is 5.78. The number of carbonyl (C=O) groups excluding carboxylic acids is 2. The topological polar surface area (TPSA) is 111 Å². The van der Waals surface area contributed by atoms with Gasteiger partial charge in [-0.15, -0.1) is 0 Å². The van der Waals surface area contributed by atoms with E-state index in [9.17, 15) is 18.0 Å². The van der Waals surface area contributed by atoms with Gasteiger partial charge in [-0.05, 0) is 42.9 Å². The second-order valence-electron chi connectivity index (χ2n) is 5.93. The molecule has 0 heterocycles. The molecule has 1 unspecified atom stereocenters. The van der Waals surface area contributed by atoms with E-state index < -0.39 is 27.9 Å². The smallest absolute Gasteiger partial charge is 0.307 e. The molecule has 10 heteroatoms. The lowest BCUT2D eigenvalue weighted by molar-refractivity contribution is -0.141. The van der Waals surface area contributed by atoms with Crippen molar-refractivity contribution in [2.45, 2.75) is 17.4 Å². The average molecular weight is 485 g/mol. The van der Waals surface area contributed by atoms with Gasteiger partial charge in [0.25, 0.3) is 5.91 Å². The van der Waals surface area contributed by atoms with Crippen molar-refractivity contribution in [3.8, 4) is 5.75 Å². The third-order valence-corrected chi connectivity index (χ3v) is 6.07. The van der Waals surface area contributed by atoms with Gasteiger partial charge in [0.15, 0.2) is 0 Å². The van der Waals surface area contributed by atoms with Gasteiger partial charge in [-0.3, -0.25) is 9.59 Å². The first-order valence-corrected chi connectivity index (χ1v) is 10.7. The molecule has 0 bridgehead atoms. The monoisotopic (exact) mass is 484 g/mol. The molecule has 0 aliphatic rings. The molecule has 156 valence electrons. The number of amides is 1. The average Bonchev–Trinajstić information content (AvgIpc) is 2.72. The van der Waals surface area contributed by atoms with Gasteiger partial charge in [-0.25, -0.2) is 13.1 Å². The first kappa shape index (κ1) is 22.9. The summed E-state index contributed by atoms with van der Waals surface area (Å²) in [5.74, 6) is -0.938.